The minimum atomic E-state index is -0.0128. The summed E-state index contributed by atoms with van der Waals surface area (Å²) in [6.45, 7) is 4.11. The number of nitrogens with two attached hydrogens (primary N) is 1. The van der Waals surface area contributed by atoms with Crippen LogP contribution in [0.3, 0.4) is 0 Å². The van der Waals surface area contributed by atoms with Gasteiger partial charge in [0.2, 0.25) is 5.91 Å². The van der Waals surface area contributed by atoms with Crippen molar-refractivity contribution in [2.75, 3.05) is 5.73 Å². The highest BCUT2D eigenvalue weighted by Crippen LogP contribution is 2.10. The molecule has 24 heavy (non-hydrogen) atoms. The summed E-state index contributed by atoms with van der Waals surface area (Å²) in [5.74, 6) is -0.0128. The van der Waals surface area contributed by atoms with Crippen LogP contribution in [0.1, 0.15) is 83.6 Å². The molecule has 0 spiro atoms. The number of hydrogen-bond acceptors (Lipinski definition) is 3. The first-order valence-corrected chi connectivity index (χ1v) is 9.32. The second kappa shape index (κ2) is 12.6. The van der Waals surface area contributed by atoms with Gasteiger partial charge in [-0.2, -0.15) is 5.10 Å². The number of nitrogen functional groups attached to an aromatic ring is 1. The number of rotatable bonds is 12. The monoisotopic (exact) mass is 331 g/mol. The van der Waals surface area contributed by atoms with Gasteiger partial charge in [-0.1, -0.05) is 70.4 Å². The Kier molecular flexibility index (Phi) is 10.6. The SMILES string of the molecule is CCCCCCCCCCCC(=O)NN=C(C)c1cccc(N)c1. The van der Waals surface area contributed by atoms with Crippen LogP contribution in [0.25, 0.3) is 0 Å². The van der Waals surface area contributed by atoms with Crippen molar-refractivity contribution in [1.82, 2.24) is 5.43 Å². The summed E-state index contributed by atoms with van der Waals surface area (Å²) in [4.78, 5) is 11.8. The fraction of sp³-hybridized carbons (Fsp3) is 0.600. The quantitative estimate of drug-likeness (QED) is 0.244. The van der Waals surface area contributed by atoms with Gasteiger partial charge < -0.3 is 5.73 Å². The van der Waals surface area contributed by atoms with Gasteiger partial charge in [0.25, 0.3) is 0 Å². The first kappa shape index (κ1) is 20.2. The molecular formula is C20H33N3O. The molecule has 0 radical (unpaired) electrons. The van der Waals surface area contributed by atoms with Gasteiger partial charge in [-0.15, -0.1) is 0 Å². The van der Waals surface area contributed by atoms with Crippen molar-refractivity contribution in [3.8, 4) is 0 Å². The molecule has 0 atom stereocenters. The molecule has 0 fully saturated rings. The third-order valence-corrected chi connectivity index (χ3v) is 4.16. The van der Waals surface area contributed by atoms with Crippen LogP contribution >= 0.6 is 0 Å². The molecule has 134 valence electrons. The molecule has 0 aliphatic rings. The molecule has 0 saturated carbocycles. The van der Waals surface area contributed by atoms with Crippen LogP contribution in [0.4, 0.5) is 5.69 Å². The first-order valence-electron chi connectivity index (χ1n) is 9.32. The maximum absolute atomic E-state index is 11.8. The van der Waals surface area contributed by atoms with Crippen LogP contribution in [0.5, 0.6) is 0 Å². The highest BCUT2D eigenvalue weighted by Gasteiger charge is 2.02. The second-order valence-electron chi connectivity index (χ2n) is 6.44. The Bertz CT molecular complexity index is 511. The minimum absolute atomic E-state index is 0.0128. The molecule has 1 aromatic carbocycles. The smallest absolute Gasteiger partial charge is 0.240 e. The second-order valence-corrected chi connectivity index (χ2v) is 6.44. The zero-order valence-corrected chi connectivity index (χ0v) is 15.3. The molecule has 0 bridgehead atoms. The number of benzene rings is 1. The van der Waals surface area contributed by atoms with Crippen molar-refractivity contribution < 1.29 is 4.79 Å². The predicted octanol–water partition coefficient (Wildman–Crippen LogP) is 5.03. The van der Waals surface area contributed by atoms with Gasteiger partial charge in [-0.3, -0.25) is 4.79 Å². The Hall–Kier alpha value is -1.84. The zero-order valence-electron chi connectivity index (χ0n) is 15.3. The molecule has 3 N–H and O–H groups in total. The maximum Gasteiger partial charge on any atom is 0.240 e. The van der Waals surface area contributed by atoms with Crippen LogP contribution in [-0.4, -0.2) is 11.6 Å². The number of nitrogens with one attached hydrogen (secondary N) is 1. The number of anilines is 1. The van der Waals surface area contributed by atoms with Gasteiger partial charge in [0.05, 0.1) is 5.71 Å². The predicted molar refractivity (Wildman–Crippen MR) is 103 cm³/mol. The van der Waals surface area contributed by atoms with E-state index in [1.54, 1.807) is 0 Å². The van der Waals surface area contributed by atoms with E-state index in [0.29, 0.717) is 12.1 Å². The van der Waals surface area contributed by atoms with Gasteiger partial charge >= 0.3 is 0 Å². The Balaban J connectivity index is 2.10. The summed E-state index contributed by atoms with van der Waals surface area (Å²) in [6.07, 6.45) is 11.8. The van der Waals surface area contributed by atoms with Crippen molar-refractivity contribution in [2.24, 2.45) is 5.10 Å². The van der Waals surface area contributed by atoms with Crippen LogP contribution in [0.15, 0.2) is 29.4 Å². The van der Waals surface area contributed by atoms with Crippen molar-refractivity contribution >= 4 is 17.3 Å². The molecule has 1 aromatic rings. The lowest BCUT2D eigenvalue weighted by molar-refractivity contribution is -0.121. The van der Waals surface area contributed by atoms with Crippen LogP contribution < -0.4 is 11.2 Å². The van der Waals surface area contributed by atoms with E-state index in [2.05, 4.69) is 17.5 Å². The summed E-state index contributed by atoms with van der Waals surface area (Å²) in [6, 6.07) is 7.50. The lowest BCUT2D eigenvalue weighted by Gasteiger charge is -2.04. The van der Waals surface area contributed by atoms with E-state index in [4.69, 9.17) is 5.73 Å². The summed E-state index contributed by atoms with van der Waals surface area (Å²) >= 11 is 0. The topological polar surface area (TPSA) is 67.5 Å². The Morgan fingerprint density at radius 2 is 1.67 bits per heavy atom. The van der Waals surface area contributed by atoms with Gasteiger partial charge in [-0.05, 0) is 31.0 Å². The van der Waals surface area contributed by atoms with E-state index in [1.807, 2.05) is 31.2 Å². The molecule has 0 aromatic heterocycles. The van der Waals surface area contributed by atoms with Gasteiger partial charge in [0.15, 0.2) is 0 Å². The van der Waals surface area contributed by atoms with E-state index >= 15 is 0 Å². The fourth-order valence-electron chi connectivity index (χ4n) is 2.63. The van der Waals surface area contributed by atoms with Crippen molar-refractivity contribution in [1.29, 1.82) is 0 Å². The van der Waals surface area contributed by atoms with Crippen LogP contribution in [0.2, 0.25) is 0 Å². The fourth-order valence-corrected chi connectivity index (χ4v) is 2.63. The standard InChI is InChI=1S/C20H33N3O/c1-3-4-5-6-7-8-9-10-11-15-20(24)23-22-17(2)18-13-12-14-19(21)16-18/h12-14,16H,3-11,15,21H2,1-2H3,(H,23,24). The largest absolute Gasteiger partial charge is 0.399 e. The summed E-state index contributed by atoms with van der Waals surface area (Å²) in [5.41, 5.74) is 10.8. The highest BCUT2D eigenvalue weighted by atomic mass is 16.2. The van der Waals surface area contributed by atoms with E-state index in [9.17, 15) is 4.79 Å². The number of carbonyl (C=O) groups excluding carboxylic acids is 1. The molecule has 0 unspecified atom stereocenters. The average Bonchev–Trinajstić information content (AvgIpc) is 2.58. The normalized spacial score (nSPS) is 11.5. The number of hydrogen-bond donors (Lipinski definition) is 2. The van der Waals surface area contributed by atoms with Crippen molar-refractivity contribution in [3.05, 3.63) is 29.8 Å². The molecule has 0 aliphatic carbocycles. The van der Waals surface area contributed by atoms with Crippen molar-refractivity contribution in [2.45, 2.75) is 78.1 Å². The highest BCUT2D eigenvalue weighted by molar-refractivity contribution is 5.99. The van der Waals surface area contributed by atoms with Crippen molar-refractivity contribution in [3.63, 3.8) is 0 Å². The molecule has 0 heterocycles. The molecule has 0 aliphatic heterocycles. The number of carbonyl (C=O) groups is 1. The van der Waals surface area contributed by atoms with E-state index in [1.165, 1.54) is 44.9 Å². The molecule has 1 rings (SSSR count). The molecular weight excluding hydrogens is 298 g/mol. The number of nitrogens with zero attached hydrogens (tertiary/aromatic N) is 1. The number of hydrazone groups is 1. The van der Waals surface area contributed by atoms with E-state index < -0.39 is 0 Å². The average molecular weight is 332 g/mol. The van der Waals surface area contributed by atoms with Crippen LogP contribution in [0, 0.1) is 0 Å². The third-order valence-electron chi connectivity index (χ3n) is 4.16. The third kappa shape index (κ3) is 9.33. The maximum atomic E-state index is 11.8. The lowest BCUT2D eigenvalue weighted by atomic mass is 10.1. The Labute approximate surface area is 146 Å². The number of amides is 1. The summed E-state index contributed by atoms with van der Waals surface area (Å²) < 4.78 is 0. The first-order chi connectivity index (χ1) is 11.6. The molecule has 1 amide bonds. The van der Waals surface area contributed by atoms with Gasteiger partial charge in [0.1, 0.15) is 0 Å². The van der Waals surface area contributed by atoms with Crippen LogP contribution in [-0.2, 0) is 4.79 Å². The molecule has 4 nitrogen and oxygen atoms in total. The summed E-state index contributed by atoms with van der Waals surface area (Å²) in [5, 5.41) is 4.15. The minimum Gasteiger partial charge on any atom is -0.399 e. The molecule has 4 heteroatoms. The summed E-state index contributed by atoms with van der Waals surface area (Å²) in [7, 11) is 0. The number of unbranched alkanes of at least 4 members (excludes halogenated alkanes) is 8. The van der Waals surface area contributed by atoms with Gasteiger partial charge in [-0.25, -0.2) is 5.43 Å². The molecule has 0 saturated heterocycles. The lowest BCUT2D eigenvalue weighted by Crippen LogP contribution is -2.18. The zero-order chi connectivity index (χ0) is 17.6. The van der Waals surface area contributed by atoms with E-state index in [-0.39, 0.29) is 5.91 Å². The van der Waals surface area contributed by atoms with Gasteiger partial charge in [0, 0.05) is 12.1 Å². The Morgan fingerprint density at radius 3 is 2.29 bits per heavy atom. The Morgan fingerprint density at radius 1 is 1.04 bits per heavy atom. The van der Waals surface area contributed by atoms with E-state index in [0.717, 1.165) is 24.1 Å².